The van der Waals surface area contributed by atoms with E-state index in [1.165, 1.54) is 44.1 Å². The topological polar surface area (TPSA) is 30.7 Å². The number of hydrogen-bond acceptors (Lipinski definition) is 2. The van der Waals surface area contributed by atoms with E-state index in [-0.39, 0.29) is 5.41 Å². The van der Waals surface area contributed by atoms with E-state index in [4.69, 9.17) is 9.97 Å². The number of para-hydroxylation sites is 2. The van der Waals surface area contributed by atoms with Crippen molar-refractivity contribution in [1.82, 2.24) is 14.5 Å². The number of fused-ring (bicyclic) bond motifs is 6. The maximum absolute atomic E-state index is 5.25. The van der Waals surface area contributed by atoms with Crippen molar-refractivity contribution in [3.8, 4) is 50.7 Å². The van der Waals surface area contributed by atoms with Gasteiger partial charge in [0.05, 0.1) is 22.4 Å². The first-order valence-corrected chi connectivity index (χ1v) is 15.8. The Morgan fingerprint density at radius 3 is 1.83 bits per heavy atom. The van der Waals surface area contributed by atoms with E-state index in [1.807, 2.05) is 6.07 Å². The van der Waals surface area contributed by atoms with Crippen molar-refractivity contribution in [1.29, 1.82) is 0 Å². The van der Waals surface area contributed by atoms with Crippen LogP contribution in [0, 0.1) is 0 Å². The molecule has 0 amide bonds. The lowest BCUT2D eigenvalue weighted by molar-refractivity contribution is 0.660. The van der Waals surface area contributed by atoms with Crippen molar-refractivity contribution >= 4 is 21.8 Å². The molecule has 0 bridgehead atoms. The van der Waals surface area contributed by atoms with E-state index in [2.05, 4.69) is 164 Å². The summed E-state index contributed by atoms with van der Waals surface area (Å²) in [6, 6.07) is 54.0. The van der Waals surface area contributed by atoms with Crippen molar-refractivity contribution in [2.24, 2.45) is 0 Å². The van der Waals surface area contributed by atoms with E-state index < -0.39 is 0 Å². The molecule has 8 aromatic rings. The molecule has 3 nitrogen and oxygen atoms in total. The molecule has 0 spiro atoms. The fourth-order valence-electron chi connectivity index (χ4n) is 7.33. The maximum atomic E-state index is 5.25. The van der Waals surface area contributed by atoms with Gasteiger partial charge in [0.15, 0.2) is 5.82 Å². The van der Waals surface area contributed by atoms with Crippen LogP contribution < -0.4 is 0 Å². The maximum Gasteiger partial charge on any atom is 0.160 e. The number of rotatable bonds is 4. The SMILES string of the molecule is CC1(C)c2ccccc2-c2ccc(-c3cc(-c4ccccc4)nc(-c4cccc(-n5c6ccccc6c6ccccc65)c4)n3)cc21. The molecule has 0 unspecified atom stereocenters. The Morgan fingerprint density at radius 2 is 1.07 bits per heavy atom. The number of nitrogens with zero attached hydrogens (tertiary/aromatic N) is 3. The highest BCUT2D eigenvalue weighted by atomic mass is 15.0. The molecule has 2 aromatic heterocycles. The van der Waals surface area contributed by atoms with Crippen LogP contribution in [-0.4, -0.2) is 14.5 Å². The summed E-state index contributed by atoms with van der Waals surface area (Å²) in [6.07, 6.45) is 0. The smallest absolute Gasteiger partial charge is 0.160 e. The molecule has 1 aliphatic carbocycles. The average molecular weight is 590 g/mol. The number of hydrogen-bond donors (Lipinski definition) is 0. The predicted octanol–water partition coefficient (Wildman–Crippen LogP) is 10.9. The van der Waals surface area contributed by atoms with Crippen LogP contribution in [0.2, 0.25) is 0 Å². The largest absolute Gasteiger partial charge is 0.309 e. The van der Waals surface area contributed by atoms with Crippen molar-refractivity contribution in [3.05, 3.63) is 163 Å². The molecule has 46 heavy (non-hydrogen) atoms. The molecule has 0 saturated carbocycles. The Morgan fingerprint density at radius 1 is 0.457 bits per heavy atom. The van der Waals surface area contributed by atoms with Crippen LogP contribution in [-0.2, 0) is 5.41 Å². The molecule has 0 N–H and O–H groups in total. The highest BCUT2D eigenvalue weighted by Crippen LogP contribution is 2.49. The average Bonchev–Trinajstić information content (AvgIpc) is 3.57. The third-order valence-corrected chi connectivity index (χ3v) is 9.62. The molecular formula is C43H31N3. The molecule has 1 aliphatic rings. The molecule has 3 heteroatoms. The lowest BCUT2D eigenvalue weighted by atomic mass is 9.82. The second-order valence-corrected chi connectivity index (χ2v) is 12.7. The van der Waals surface area contributed by atoms with Gasteiger partial charge in [0.2, 0.25) is 0 Å². The predicted molar refractivity (Wildman–Crippen MR) is 190 cm³/mol. The molecule has 9 rings (SSSR count). The normalized spacial score (nSPS) is 13.2. The standard InChI is InChI=1S/C43H31N3/c1-43(2)36-20-9-6-17-32(36)33-24-23-29(26-37(33)43)39-27-38(28-13-4-3-5-14-28)44-42(45-39)30-15-12-16-31(25-30)46-40-21-10-7-18-34(40)35-19-8-11-22-41(35)46/h3-27H,1-2H3. The minimum Gasteiger partial charge on any atom is -0.309 e. The van der Waals surface area contributed by atoms with Gasteiger partial charge in [0, 0.05) is 38.6 Å². The Hall–Kier alpha value is -5.80. The Bertz CT molecular complexity index is 2400. The highest BCUT2D eigenvalue weighted by molar-refractivity contribution is 6.09. The summed E-state index contributed by atoms with van der Waals surface area (Å²) in [5.74, 6) is 0.710. The van der Waals surface area contributed by atoms with Gasteiger partial charge in [-0.25, -0.2) is 9.97 Å². The third-order valence-electron chi connectivity index (χ3n) is 9.62. The van der Waals surface area contributed by atoms with E-state index in [0.717, 1.165) is 33.8 Å². The van der Waals surface area contributed by atoms with Gasteiger partial charge >= 0.3 is 0 Å². The minimum absolute atomic E-state index is 0.0866. The highest BCUT2D eigenvalue weighted by Gasteiger charge is 2.35. The second-order valence-electron chi connectivity index (χ2n) is 12.7. The van der Waals surface area contributed by atoms with Gasteiger partial charge < -0.3 is 4.57 Å². The Labute approximate surface area is 268 Å². The van der Waals surface area contributed by atoms with E-state index in [9.17, 15) is 0 Å². The van der Waals surface area contributed by atoms with Crippen LogP contribution in [0.3, 0.4) is 0 Å². The van der Waals surface area contributed by atoms with Gasteiger partial charge in [0.25, 0.3) is 0 Å². The fraction of sp³-hybridized carbons (Fsp3) is 0.0698. The van der Waals surface area contributed by atoms with Gasteiger partial charge in [-0.2, -0.15) is 0 Å². The first kappa shape index (κ1) is 26.6. The first-order chi connectivity index (χ1) is 22.6. The third kappa shape index (κ3) is 4.05. The Balaban J connectivity index is 1.22. The van der Waals surface area contributed by atoms with E-state index in [0.29, 0.717) is 5.82 Å². The lowest BCUT2D eigenvalue weighted by Crippen LogP contribution is -2.14. The summed E-state index contributed by atoms with van der Waals surface area (Å²) in [6.45, 7) is 4.64. The minimum atomic E-state index is -0.0866. The molecule has 0 saturated heterocycles. The summed E-state index contributed by atoms with van der Waals surface area (Å²) in [5.41, 5.74) is 13.7. The van der Waals surface area contributed by atoms with E-state index >= 15 is 0 Å². The number of aromatic nitrogens is 3. The first-order valence-electron chi connectivity index (χ1n) is 15.8. The molecule has 0 radical (unpaired) electrons. The zero-order valence-corrected chi connectivity index (χ0v) is 25.8. The zero-order chi connectivity index (χ0) is 30.8. The van der Waals surface area contributed by atoms with Gasteiger partial charge in [0.1, 0.15) is 0 Å². The zero-order valence-electron chi connectivity index (χ0n) is 25.8. The second kappa shape index (κ2) is 10.1. The summed E-state index contributed by atoms with van der Waals surface area (Å²) in [5, 5.41) is 2.49. The van der Waals surface area contributed by atoms with Crippen LogP contribution in [0.4, 0.5) is 0 Å². The summed E-state index contributed by atoms with van der Waals surface area (Å²) < 4.78 is 2.34. The van der Waals surface area contributed by atoms with Crippen LogP contribution in [0.15, 0.2) is 152 Å². The molecule has 0 atom stereocenters. The van der Waals surface area contributed by atoms with Crippen molar-refractivity contribution in [2.75, 3.05) is 0 Å². The molecular weight excluding hydrogens is 558 g/mol. The van der Waals surface area contributed by atoms with Gasteiger partial charge in [-0.05, 0) is 58.7 Å². The molecule has 2 heterocycles. The fourth-order valence-corrected chi connectivity index (χ4v) is 7.33. The van der Waals surface area contributed by atoms with Crippen LogP contribution in [0.1, 0.15) is 25.0 Å². The van der Waals surface area contributed by atoms with Crippen molar-refractivity contribution in [2.45, 2.75) is 19.3 Å². The quantitative estimate of drug-likeness (QED) is 0.204. The van der Waals surface area contributed by atoms with Crippen LogP contribution in [0.25, 0.3) is 72.5 Å². The lowest BCUT2D eigenvalue weighted by Gasteiger charge is -2.22. The van der Waals surface area contributed by atoms with Gasteiger partial charge in [-0.3, -0.25) is 0 Å². The summed E-state index contributed by atoms with van der Waals surface area (Å²) in [4.78, 5) is 10.4. The van der Waals surface area contributed by atoms with Gasteiger partial charge in [-0.1, -0.05) is 129 Å². The number of benzene rings is 6. The molecule has 218 valence electrons. The van der Waals surface area contributed by atoms with E-state index in [1.54, 1.807) is 0 Å². The van der Waals surface area contributed by atoms with Crippen LogP contribution >= 0.6 is 0 Å². The van der Waals surface area contributed by atoms with Crippen molar-refractivity contribution in [3.63, 3.8) is 0 Å². The molecule has 6 aromatic carbocycles. The van der Waals surface area contributed by atoms with Gasteiger partial charge in [-0.15, -0.1) is 0 Å². The Kier molecular flexibility index (Phi) is 5.85. The summed E-state index contributed by atoms with van der Waals surface area (Å²) >= 11 is 0. The van der Waals surface area contributed by atoms with Crippen molar-refractivity contribution < 1.29 is 0 Å². The summed E-state index contributed by atoms with van der Waals surface area (Å²) in [7, 11) is 0. The monoisotopic (exact) mass is 589 g/mol. The molecule has 0 fully saturated rings. The molecule has 0 aliphatic heterocycles. The van der Waals surface area contributed by atoms with Crippen LogP contribution in [0.5, 0.6) is 0 Å².